The Bertz CT molecular complexity index is 1650. The van der Waals surface area contributed by atoms with Crippen molar-refractivity contribution < 1.29 is 18.0 Å². The van der Waals surface area contributed by atoms with Crippen LogP contribution in [0.15, 0.2) is 112 Å². The number of hydrogen-bond donors (Lipinski definition) is 1. The molecule has 0 saturated heterocycles. The van der Waals surface area contributed by atoms with E-state index < -0.39 is 28.5 Å². The maximum absolute atomic E-state index is 14.4. The van der Waals surface area contributed by atoms with Crippen LogP contribution < -0.4 is 9.62 Å². The quantitative estimate of drug-likeness (QED) is 0.188. The molecule has 0 aliphatic heterocycles. The summed E-state index contributed by atoms with van der Waals surface area (Å²) in [6.45, 7) is 3.63. The van der Waals surface area contributed by atoms with Gasteiger partial charge in [-0.3, -0.25) is 13.9 Å². The highest BCUT2D eigenvalue weighted by Gasteiger charge is 2.34. The molecule has 7 nitrogen and oxygen atoms in total. The molecule has 0 spiro atoms. The van der Waals surface area contributed by atoms with E-state index in [0.29, 0.717) is 17.3 Å². The maximum atomic E-state index is 14.4. The first-order valence-electron chi connectivity index (χ1n) is 13.8. The number of benzene rings is 4. The normalized spacial score (nSPS) is 11.9. The van der Waals surface area contributed by atoms with Crippen molar-refractivity contribution in [3.05, 3.63) is 129 Å². The van der Waals surface area contributed by atoms with Crippen molar-refractivity contribution in [3.8, 4) is 0 Å². The smallest absolute Gasteiger partial charge is 0.264 e. The van der Waals surface area contributed by atoms with Gasteiger partial charge in [0.1, 0.15) is 12.6 Å². The van der Waals surface area contributed by atoms with Crippen LogP contribution in [0.2, 0.25) is 5.02 Å². The summed E-state index contributed by atoms with van der Waals surface area (Å²) in [6, 6.07) is 28.8. The van der Waals surface area contributed by atoms with Crippen LogP contribution in [0, 0.1) is 6.92 Å². The fraction of sp³-hybridized carbons (Fsp3) is 0.212. The zero-order valence-corrected chi connectivity index (χ0v) is 27.1. The first-order chi connectivity index (χ1) is 20.6. The molecule has 0 bridgehead atoms. The second-order valence-electron chi connectivity index (χ2n) is 10.1. The van der Waals surface area contributed by atoms with E-state index in [1.54, 1.807) is 18.2 Å². The Morgan fingerprint density at radius 1 is 0.884 bits per heavy atom. The van der Waals surface area contributed by atoms with Crippen LogP contribution in [0.3, 0.4) is 0 Å². The van der Waals surface area contributed by atoms with Gasteiger partial charge in [-0.2, -0.15) is 0 Å². The number of amides is 2. The monoisotopic (exact) mass is 681 g/mol. The number of sulfonamides is 1. The summed E-state index contributed by atoms with van der Waals surface area (Å²) in [6.07, 6.45) is 0.253. The minimum absolute atomic E-state index is 0.00442. The largest absolute Gasteiger partial charge is 0.355 e. The summed E-state index contributed by atoms with van der Waals surface area (Å²) in [5, 5.41) is 3.26. The fourth-order valence-electron chi connectivity index (χ4n) is 4.68. The number of likely N-dealkylation sites (N-methyl/N-ethyl adjacent to an activating group) is 1. The molecule has 1 N–H and O–H groups in total. The highest BCUT2D eigenvalue weighted by molar-refractivity contribution is 9.10. The molecule has 0 fully saturated rings. The van der Waals surface area contributed by atoms with Crippen molar-refractivity contribution in [2.75, 3.05) is 17.4 Å². The summed E-state index contributed by atoms with van der Waals surface area (Å²) >= 11 is 9.48. The molecule has 224 valence electrons. The molecule has 43 heavy (non-hydrogen) atoms. The van der Waals surface area contributed by atoms with Gasteiger partial charge in [-0.05, 0) is 79.1 Å². The average Bonchev–Trinajstić information content (AvgIpc) is 2.99. The zero-order chi connectivity index (χ0) is 31.0. The predicted octanol–water partition coefficient (Wildman–Crippen LogP) is 6.38. The standard InChI is InChI=1S/C33H33BrClN3O4S/c1-3-36-33(40)31(21-25-9-5-4-6-10-25)37(22-26-12-14-27(34)15-13-26)32(39)23-38(29-11-7-8-24(2)20-29)43(41,42)30-18-16-28(35)17-19-30/h4-20,31H,3,21-23H2,1-2H3,(H,36,40)/t31-/m1/s1. The van der Waals surface area contributed by atoms with Gasteiger partial charge in [0.25, 0.3) is 10.0 Å². The van der Waals surface area contributed by atoms with Gasteiger partial charge in [0.05, 0.1) is 10.6 Å². The lowest BCUT2D eigenvalue weighted by Gasteiger charge is -2.34. The number of carbonyl (C=O) groups is 2. The van der Waals surface area contributed by atoms with Crippen molar-refractivity contribution in [2.45, 2.75) is 37.8 Å². The van der Waals surface area contributed by atoms with Crippen LogP contribution in [0.4, 0.5) is 5.69 Å². The molecule has 10 heteroatoms. The SMILES string of the molecule is CCNC(=O)[C@@H](Cc1ccccc1)N(Cc1ccc(Br)cc1)C(=O)CN(c1cccc(C)c1)S(=O)(=O)c1ccc(Cl)cc1. The molecule has 1 atom stereocenters. The van der Waals surface area contributed by atoms with E-state index in [-0.39, 0.29) is 23.8 Å². The molecular formula is C33H33BrClN3O4S. The van der Waals surface area contributed by atoms with Gasteiger partial charge in [-0.1, -0.05) is 82.1 Å². The summed E-state index contributed by atoms with van der Waals surface area (Å²) in [7, 11) is -4.19. The van der Waals surface area contributed by atoms with Gasteiger partial charge < -0.3 is 10.2 Å². The molecule has 4 aromatic carbocycles. The third kappa shape index (κ3) is 8.46. The number of nitrogens with zero attached hydrogens (tertiary/aromatic N) is 2. The molecule has 0 saturated carbocycles. The Morgan fingerprint density at radius 2 is 1.56 bits per heavy atom. The van der Waals surface area contributed by atoms with Gasteiger partial charge >= 0.3 is 0 Å². The number of aryl methyl sites for hydroxylation is 1. The molecule has 0 unspecified atom stereocenters. The van der Waals surface area contributed by atoms with E-state index in [0.717, 1.165) is 25.5 Å². The third-order valence-corrected chi connectivity index (χ3v) is 9.43. The highest BCUT2D eigenvalue weighted by atomic mass is 79.9. The van der Waals surface area contributed by atoms with Gasteiger partial charge in [0, 0.05) is 29.0 Å². The summed E-state index contributed by atoms with van der Waals surface area (Å²) in [4.78, 5) is 29.4. The molecule has 0 aromatic heterocycles. The zero-order valence-electron chi connectivity index (χ0n) is 23.9. The van der Waals surface area contributed by atoms with Crippen molar-refractivity contribution in [2.24, 2.45) is 0 Å². The van der Waals surface area contributed by atoms with Crippen LogP contribution in [0.25, 0.3) is 0 Å². The lowest BCUT2D eigenvalue weighted by atomic mass is 10.0. The fourth-order valence-corrected chi connectivity index (χ4v) is 6.47. The minimum Gasteiger partial charge on any atom is -0.355 e. The van der Waals surface area contributed by atoms with Crippen LogP contribution in [-0.2, 0) is 32.6 Å². The molecule has 0 aliphatic rings. The van der Waals surface area contributed by atoms with Crippen LogP contribution in [-0.4, -0.2) is 44.3 Å². The second-order valence-corrected chi connectivity index (χ2v) is 13.3. The molecule has 0 heterocycles. The average molecular weight is 683 g/mol. The Kier molecular flexibility index (Phi) is 11.0. The van der Waals surface area contributed by atoms with Crippen molar-refractivity contribution in [3.63, 3.8) is 0 Å². The first kappa shape index (κ1) is 32.3. The predicted molar refractivity (Wildman–Crippen MR) is 174 cm³/mol. The Morgan fingerprint density at radius 3 is 2.19 bits per heavy atom. The lowest BCUT2D eigenvalue weighted by molar-refractivity contribution is -0.140. The number of carbonyl (C=O) groups excluding carboxylic acids is 2. The van der Waals surface area contributed by atoms with Crippen LogP contribution >= 0.6 is 27.5 Å². The molecule has 0 aliphatic carbocycles. The van der Waals surface area contributed by atoms with Crippen LogP contribution in [0.1, 0.15) is 23.6 Å². The molecule has 2 amide bonds. The van der Waals surface area contributed by atoms with E-state index in [4.69, 9.17) is 11.6 Å². The van der Waals surface area contributed by atoms with E-state index in [9.17, 15) is 18.0 Å². The second kappa shape index (κ2) is 14.7. The van der Waals surface area contributed by atoms with E-state index in [1.165, 1.54) is 29.2 Å². The number of anilines is 1. The first-order valence-corrected chi connectivity index (χ1v) is 16.4. The number of rotatable bonds is 12. The Labute approximate surface area is 266 Å². The van der Waals surface area contributed by atoms with Crippen molar-refractivity contribution >= 4 is 55.1 Å². The minimum atomic E-state index is -4.19. The van der Waals surface area contributed by atoms with Crippen LogP contribution in [0.5, 0.6) is 0 Å². The van der Waals surface area contributed by atoms with E-state index >= 15 is 0 Å². The Hall–Kier alpha value is -3.66. The van der Waals surface area contributed by atoms with Gasteiger partial charge in [-0.25, -0.2) is 8.42 Å². The number of halogens is 2. The van der Waals surface area contributed by atoms with E-state index in [2.05, 4.69) is 21.2 Å². The maximum Gasteiger partial charge on any atom is 0.264 e. The third-order valence-electron chi connectivity index (χ3n) is 6.86. The number of hydrogen-bond acceptors (Lipinski definition) is 4. The van der Waals surface area contributed by atoms with E-state index in [1.807, 2.05) is 74.5 Å². The highest BCUT2D eigenvalue weighted by Crippen LogP contribution is 2.27. The molecule has 4 aromatic rings. The van der Waals surface area contributed by atoms with Gasteiger partial charge in [-0.15, -0.1) is 0 Å². The molecule has 0 radical (unpaired) electrons. The summed E-state index contributed by atoms with van der Waals surface area (Å²) in [5.41, 5.74) is 2.83. The summed E-state index contributed by atoms with van der Waals surface area (Å²) < 4.78 is 30.0. The van der Waals surface area contributed by atoms with Crippen molar-refractivity contribution in [1.82, 2.24) is 10.2 Å². The topological polar surface area (TPSA) is 86.8 Å². The number of nitrogens with one attached hydrogen (secondary N) is 1. The van der Waals surface area contributed by atoms with Gasteiger partial charge in [0.15, 0.2) is 0 Å². The van der Waals surface area contributed by atoms with Gasteiger partial charge in [0.2, 0.25) is 11.8 Å². The summed E-state index contributed by atoms with van der Waals surface area (Å²) in [5.74, 6) is -0.839. The molecule has 4 rings (SSSR count). The lowest BCUT2D eigenvalue weighted by Crippen LogP contribution is -2.53. The van der Waals surface area contributed by atoms with Crippen molar-refractivity contribution in [1.29, 1.82) is 0 Å². The Balaban J connectivity index is 1.79. The molecular weight excluding hydrogens is 650 g/mol.